The lowest BCUT2D eigenvalue weighted by molar-refractivity contribution is -0.140. The SMILES string of the molecule is CC(C)(O/N=C(\C(=O)O)c1nc2ccccc2n([C@@H]2C[C@@H]3CC[C@H]2N3C2CC3CCCCC(C3)C2)c1=O)C(N)=O. The van der Waals surface area contributed by atoms with Gasteiger partial charge in [-0.15, -0.1) is 0 Å². The Balaban J connectivity index is 1.40. The van der Waals surface area contributed by atoms with E-state index in [1.54, 1.807) is 10.6 Å². The van der Waals surface area contributed by atoms with Crippen molar-refractivity contribution < 1.29 is 19.5 Å². The highest BCUT2D eigenvalue weighted by molar-refractivity contribution is 6.41. The lowest BCUT2D eigenvalue weighted by Crippen LogP contribution is -2.45. The number of carboxylic acid groups (broad SMARTS) is 1. The second-order valence-electron chi connectivity index (χ2n) is 12.8. The van der Waals surface area contributed by atoms with Gasteiger partial charge in [0.05, 0.1) is 17.1 Å². The molecule has 0 radical (unpaired) electrons. The summed E-state index contributed by atoms with van der Waals surface area (Å²) in [6, 6.07) is 8.46. The molecule has 10 nitrogen and oxygen atoms in total. The number of carbonyl (C=O) groups excluding carboxylic acids is 1. The number of benzene rings is 1. The lowest BCUT2D eigenvalue weighted by Gasteiger charge is -2.41. The maximum atomic E-state index is 14.1. The number of amides is 1. The van der Waals surface area contributed by atoms with Gasteiger partial charge in [-0.2, -0.15) is 0 Å². The molecule has 1 amide bonds. The number of carbonyl (C=O) groups is 2. The minimum atomic E-state index is -1.56. The largest absolute Gasteiger partial charge is 0.476 e. The highest BCUT2D eigenvalue weighted by atomic mass is 16.7. The molecule has 3 N–H and O–H groups in total. The molecule has 5 atom stereocenters. The zero-order valence-electron chi connectivity index (χ0n) is 23.3. The summed E-state index contributed by atoms with van der Waals surface area (Å²) in [5.41, 5.74) is 3.56. The second-order valence-corrected chi connectivity index (χ2v) is 12.8. The van der Waals surface area contributed by atoms with Crippen LogP contribution in [0.2, 0.25) is 0 Å². The number of nitrogens with zero attached hydrogens (tertiary/aromatic N) is 4. The van der Waals surface area contributed by atoms with Crippen molar-refractivity contribution >= 4 is 28.6 Å². The lowest BCUT2D eigenvalue weighted by atomic mass is 9.77. The molecule has 1 aromatic carbocycles. The van der Waals surface area contributed by atoms with Gasteiger partial charge in [0.2, 0.25) is 11.3 Å². The van der Waals surface area contributed by atoms with E-state index in [9.17, 15) is 19.5 Å². The summed E-state index contributed by atoms with van der Waals surface area (Å²) in [5.74, 6) is -0.667. The van der Waals surface area contributed by atoms with Crippen LogP contribution in [-0.4, -0.2) is 60.9 Å². The predicted molar refractivity (Wildman–Crippen MR) is 150 cm³/mol. The molecule has 1 aromatic heterocycles. The highest BCUT2D eigenvalue weighted by Gasteiger charge is 2.51. The molecule has 4 fully saturated rings. The van der Waals surface area contributed by atoms with E-state index in [4.69, 9.17) is 10.6 Å². The summed E-state index contributed by atoms with van der Waals surface area (Å²) in [6.07, 6.45) is 12.2. The van der Waals surface area contributed by atoms with Crippen LogP contribution >= 0.6 is 0 Å². The third-order valence-electron chi connectivity index (χ3n) is 9.84. The summed E-state index contributed by atoms with van der Waals surface area (Å²) < 4.78 is 1.77. The van der Waals surface area contributed by atoms with Crippen LogP contribution in [0, 0.1) is 11.8 Å². The van der Waals surface area contributed by atoms with Gasteiger partial charge in [0.15, 0.2) is 5.69 Å². The first-order valence-electron chi connectivity index (χ1n) is 14.7. The van der Waals surface area contributed by atoms with Crippen LogP contribution in [0.4, 0.5) is 0 Å². The molecule has 0 spiro atoms. The quantitative estimate of drug-likeness (QED) is 0.397. The fourth-order valence-electron chi connectivity index (χ4n) is 7.98. The van der Waals surface area contributed by atoms with E-state index >= 15 is 0 Å². The zero-order valence-corrected chi connectivity index (χ0v) is 23.3. The molecular weight excluding hydrogens is 510 g/mol. The summed E-state index contributed by atoms with van der Waals surface area (Å²) in [7, 11) is 0. The van der Waals surface area contributed by atoms with Gasteiger partial charge >= 0.3 is 5.97 Å². The van der Waals surface area contributed by atoms with E-state index in [1.165, 1.54) is 58.8 Å². The number of oxime groups is 1. The van der Waals surface area contributed by atoms with Crippen LogP contribution in [-0.2, 0) is 14.4 Å². The molecule has 2 unspecified atom stereocenters. The van der Waals surface area contributed by atoms with Crippen LogP contribution in [0.15, 0.2) is 34.2 Å². The maximum absolute atomic E-state index is 14.1. The zero-order chi connectivity index (χ0) is 28.2. The first-order chi connectivity index (χ1) is 19.1. The fourth-order valence-corrected chi connectivity index (χ4v) is 7.98. The number of carboxylic acids is 1. The molecule has 40 heavy (non-hydrogen) atoms. The Labute approximate surface area is 233 Å². The Morgan fingerprint density at radius 2 is 1.70 bits per heavy atom. The molecule has 214 valence electrons. The first-order valence-corrected chi connectivity index (χ1v) is 14.7. The third-order valence-corrected chi connectivity index (χ3v) is 9.84. The van der Waals surface area contributed by atoms with Crippen molar-refractivity contribution in [3.8, 4) is 0 Å². The summed E-state index contributed by atoms with van der Waals surface area (Å²) in [4.78, 5) is 50.6. The Kier molecular flexibility index (Phi) is 6.92. The fraction of sp³-hybridized carbons (Fsp3) is 0.633. The van der Waals surface area contributed by atoms with E-state index < -0.39 is 28.7 Å². The number of hydrogen-bond acceptors (Lipinski definition) is 7. The summed E-state index contributed by atoms with van der Waals surface area (Å²) in [5, 5.41) is 13.7. The van der Waals surface area contributed by atoms with E-state index in [0.29, 0.717) is 23.1 Å². The molecule has 10 heteroatoms. The molecule has 2 saturated heterocycles. The van der Waals surface area contributed by atoms with E-state index in [1.807, 2.05) is 18.2 Å². The second kappa shape index (κ2) is 10.3. The van der Waals surface area contributed by atoms with Crippen LogP contribution < -0.4 is 11.3 Å². The summed E-state index contributed by atoms with van der Waals surface area (Å²) in [6.45, 7) is 2.77. The van der Waals surface area contributed by atoms with E-state index in [-0.39, 0.29) is 17.8 Å². The summed E-state index contributed by atoms with van der Waals surface area (Å²) >= 11 is 0. The molecule has 2 aliphatic carbocycles. The number of aromatic nitrogens is 2. The van der Waals surface area contributed by atoms with Crippen LogP contribution in [0.5, 0.6) is 0 Å². The first kappa shape index (κ1) is 26.9. The normalized spacial score (nSPS) is 30.8. The molecule has 4 aliphatic rings. The molecule has 4 bridgehead atoms. The topological polar surface area (TPSA) is 140 Å². The van der Waals surface area contributed by atoms with Gasteiger partial charge in [-0.3, -0.25) is 14.5 Å². The van der Waals surface area contributed by atoms with E-state index in [0.717, 1.165) is 31.1 Å². The van der Waals surface area contributed by atoms with Gasteiger partial charge in [-0.05, 0) is 76.3 Å². The number of nitrogens with two attached hydrogens (primary N) is 1. The van der Waals surface area contributed by atoms with Gasteiger partial charge in [-0.25, -0.2) is 9.78 Å². The van der Waals surface area contributed by atoms with Crippen LogP contribution in [0.1, 0.15) is 89.8 Å². The number of hydrogen-bond donors (Lipinski definition) is 2. The highest BCUT2D eigenvalue weighted by Crippen LogP contribution is 2.50. The molecule has 2 aliphatic heterocycles. The maximum Gasteiger partial charge on any atom is 0.360 e. The molecular formula is C30H39N5O5. The monoisotopic (exact) mass is 549 g/mol. The van der Waals surface area contributed by atoms with Crippen molar-refractivity contribution in [3.05, 3.63) is 40.3 Å². The van der Waals surface area contributed by atoms with Gasteiger partial charge in [0, 0.05) is 18.1 Å². The number of aliphatic carboxylic acids is 1. The Morgan fingerprint density at radius 1 is 1.00 bits per heavy atom. The Morgan fingerprint density at radius 3 is 2.38 bits per heavy atom. The van der Waals surface area contributed by atoms with Crippen molar-refractivity contribution in [2.45, 2.75) is 108 Å². The Bertz CT molecular complexity index is 1400. The average molecular weight is 550 g/mol. The molecule has 3 heterocycles. The number of para-hydroxylation sites is 2. The Hall–Kier alpha value is -3.27. The predicted octanol–water partition coefficient (Wildman–Crippen LogP) is 3.60. The smallest absolute Gasteiger partial charge is 0.360 e. The van der Waals surface area contributed by atoms with E-state index in [2.05, 4.69) is 15.0 Å². The van der Waals surface area contributed by atoms with Gasteiger partial charge < -0.3 is 20.2 Å². The minimum absolute atomic E-state index is 0.0834. The van der Waals surface area contributed by atoms with Crippen LogP contribution in [0.3, 0.4) is 0 Å². The third kappa shape index (κ3) is 4.70. The van der Waals surface area contributed by atoms with Crippen molar-refractivity contribution in [3.63, 3.8) is 0 Å². The number of primary amides is 1. The minimum Gasteiger partial charge on any atom is -0.476 e. The number of fused-ring (bicyclic) bond motifs is 5. The van der Waals surface area contributed by atoms with Gasteiger partial charge in [0.25, 0.3) is 11.5 Å². The van der Waals surface area contributed by atoms with Crippen LogP contribution in [0.25, 0.3) is 11.0 Å². The number of rotatable bonds is 7. The standard InChI is InChI=1S/C30H39N5O5/c1-30(2,29(31)39)40-33-26(28(37)38)25-27(36)35(22-10-6-5-9-21(22)32-25)24-16-19-11-12-23(24)34(19)20-14-17-7-3-4-8-18(13-17)15-20/h5-6,9-10,17-20,23-24H,3-4,7-8,11-16H2,1-2H3,(H2,31,39)(H,37,38)/b33-26-/t17?,18?,19-,20?,23+,24+/m0/s1. The van der Waals surface area contributed by atoms with Crippen molar-refractivity contribution in [2.75, 3.05) is 0 Å². The molecule has 2 saturated carbocycles. The molecule has 6 rings (SSSR count). The average Bonchev–Trinajstić information content (AvgIpc) is 3.44. The molecule has 2 aromatic rings. The van der Waals surface area contributed by atoms with Crippen molar-refractivity contribution in [1.82, 2.24) is 14.5 Å². The van der Waals surface area contributed by atoms with Gasteiger partial charge in [-0.1, -0.05) is 43.0 Å². The van der Waals surface area contributed by atoms with Gasteiger partial charge in [0.1, 0.15) is 0 Å². The van der Waals surface area contributed by atoms with Crippen molar-refractivity contribution in [2.24, 2.45) is 22.7 Å². The van der Waals surface area contributed by atoms with Crippen molar-refractivity contribution in [1.29, 1.82) is 0 Å².